The number of pyridine rings is 1. The highest BCUT2D eigenvalue weighted by Crippen LogP contribution is 2.27. The fourth-order valence-electron chi connectivity index (χ4n) is 1.59. The molecule has 18 heavy (non-hydrogen) atoms. The van der Waals surface area contributed by atoms with Gasteiger partial charge in [-0.1, -0.05) is 20.8 Å². The number of nitrogens with one attached hydrogen (secondary N) is 1. The third-order valence-corrected chi connectivity index (χ3v) is 4.08. The van der Waals surface area contributed by atoms with Crippen LogP contribution < -0.4 is 5.32 Å². The molecule has 0 bridgehead atoms. The summed E-state index contributed by atoms with van der Waals surface area (Å²) in [6.45, 7) is 9.38. The van der Waals surface area contributed by atoms with Gasteiger partial charge in [-0.25, -0.2) is 4.98 Å². The number of aryl methyl sites for hydroxylation is 1. The summed E-state index contributed by atoms with van der Waals surface area (Å²) in [5.74, 6) is 0. The molecule has 1 N–H and O–H groups in total. The maximum atomic E-state index is 4.49. The maximum absolute atomic E-state index is 4.49. The summed E-state index contributed by atoms with van der Waals surface area (Å²) in [7, 11) is 0. The van der Waals surface area contributed by atoms with E-state index in [1.54, 1.807) is 11.3 Å². The SMILES string of the molecule is Cc1ncccc1NCc1cnc(C(C)(C)C)s1. The Morgan fingerprint density at radius 1 is 1.28 bits per heavy atom. The van der Waals surface area contributed by atoms with E-state index < -0.39 is 0 Å². The molecule has 0 aliphatic carbocycles. The molecular weight excluding hydrogens is 242 g/mol. The first-order valence-electron chi connectivity index (χ1n) is 6.07. The van der Waals surface area contributed by atoms with E-state index in [0.29, 0.717) is 0 Å². The fourth-order valence-corrected chi connectivity index (χ4v) is 2.50. The lowest BCUT2D eigenvalue weighted by atomic mass is 9.98. The first-order chi connectivity index (χ1) is 8.47. The van der Waals surface area contributed by atoms with E-state index in [1.807, 2.05) is 31.5 Å². The monoisotopic (exact) mass is 261 g/mol. The second kappa shape index (κ2) is 5.06. The zero-order valence-corrected chi connectivity index (χ0v) is 12.1. The lowest BCUT2D eigenvalue weighted by molar-refractivity contribution is 0.585. The van der Waals surface area contributed by atoms with Gasteiger partial charge in [0.1, 0.15) is 0 Å². The van der Waals surface area contributed by atoms with Crippen LogP contribution in [0.3, 0.4) is 0 Å². The van der Waals surface area contributed by atoms with E-state index in [2.05, 4.69) is 36.1 Å². The van der Waals surface area contributed by atoms with Gasteiger partial charge in [0, 0.05) is 22.7 Å². The van der Waals surface area contributed by atoms with Crippen LogP contribution in [0.15, 0.2) is 24.5 Å². The van der Waals surface area contributed by atoms with Crippen LogP contribution in [-0.2, 0) is 12.0 Å². The number of aromatic nitrogens is 2. The highest BCUT2D eigenvalue weighted by atomic mass is 32.1. The van der Waals surface area contributed by atoms with E-state index in [0.717, 1.165) is 17.9 Å². The van der Waals surface area contributed by atoms with Gasteiger partial charge in [-0.3, -0.25) is 4.98 Å². The van der Waals surface area contributed by atoms with E-state index in [9.17, 15) is 0 Å². The van der Waals surface area contributed by atoms with Gasteiger partial charge in [0.15, 0.2) is 0 Å². The molecule has 3 nitrogen and oxygen atoms in total. The van der Waals surface area contributed by atoms with Crippen molar-refractivity contribution in [2.24, 2.45) is 0 Å². The van der Waals surface area contributed by atoms with Gasteiger partial charge in [0.25, 0.3) is 0 Å². The molecule has 0 amide bonds. The summed E-state index contributed by atoms with van der Waals surface area (Å²) in [6, 6.07) is 4.00. The van der Waals surface area contributed by atoms with Crippen molar-refractivity contribution in [1.29, 1.82) is 0 Å². The summed E-state index contributed by atoms with van der Waals surface area (Å²) < 4.78 is 0. The van der Waals surface area contributed by atoms with E-state index in [4.69, 9.17) is 0 Å². The summed E-state index contributed by atoms with van der Waals surface area (Å²) >= 11 is 1.77. The second-order valence-corrected chi connectivity index (χ2v) is 6.49. The largest absolute Gasteiger partial charge is 0.379 e. The van der Waals surface area contributed by atoms with E-state index in [1.165, 1.54) is 9.88 Å². The molecule has 0 atom stereocenters. The molecule has 0 aromatic carbocycles. The van der Waals surface area contributed by atoms with Crippen LogP contribution in [-0.4, -0.2) is 9.97 Å². The molecule has 0 radical (unpaired) electrons. The Labute approximate surface area is 112 Å². The number of rotatable bonds is 3. The molecular formula is C14H19N3S. The van der Waals surface area contributed by atoms with Crippen molar-refractivity contribution in [3.8, 4) is 0 Å². The minimum atomic E-state index is 0.132. The summed E-state index contributed by atoms with van der Waals surface area (Å²) in [6.07, 6.45) is 3.77. The molecule has 2 heterocycles. The number of nitrogens with zero attached hydrogens (tertiary/aromatic N) is 2. The average molecular weight is 261 g/mol. The minimum absolute atomic E-state index is 0.132. The van der Waals surface area contributed by atoms with Gasteiger partial charge in [0.2, 0.25) is 0 Å². The molecule has 2 aromatic rings. The van der Waals surface area contributed by atoms with Crippen LogP contribution in [0.1, 0.15) is 36.3 Å². The topological polar surface area (TPSA) is 37.8 Å². The Morgan fingerprint density at radius 2 is 2.06 bits per heavy atom. The Balaban J connectivity index is 2.03. The number of thiazole rings is 1. The lowest BCUT2D eigenvalue weighted by Crippen LogP contribution is -2.09. The molecule has 0 saturated carbocycles. The van der Waals surface area contributed by atoms with Crippen LogP contribution >= 0.6 is 11.3 Å². The van der Waals surface area contributed by atoms with Crippen LogP contribution in [0.2, 0.25) is 0 Å². The van der Waals surface area contributed by atoms with E-state index >= 15 is 0 Å². The number of anilines is 1. The quantitative estimate of drug-likeness (QED) is 0.914. The third-order valence-electron chi connectivity index (χ3n) is 2.66. The van der Waals surface area contributed by atoms with Crippen LogP contribution in [0.5, 0.6) is 0 Å². The predicted molar refractivity (Wildman–Crippen MR) is 77.1 cm³/mol. The van der Waals surface area contributed by atoms with Crippen molar-refractivity contribution in [3.05, 3.63) is 40.1 Å². The molecule has 0 unspecified atom stereocenters. The zero-order valence-electron chi connectivity index (χ0n) is 11.3. The molecule has 0 fully saturated rings. The second-order valence-electron chi connectivity index (χ2n) is 5.37. The highest BCUT2D eigenvalue weighted by Gasteiger charge is 2.17. The number of hydrogen-bond donors (Lipinski definition) is 1. The van der Waals surface area contributed by atoms with Gasteiger partial charge >= 0.3 is 0 Å². The number of hydrogen-bond acceptors (Lipinski definition) is 4. The van der Waals surface area contributed by atoms with Crippen molar-refractivity contribution in [3.63, 3.8) is 0 Å². The summed E-state index contributed by atoms with van der Waals surface area (Å²) in [5, 5.41) is 4.58. The van der Waals surface area contributed by atoms with E-state index in [-0.39, 0.29) is 5.41 Å². The molecule has 96 valence electrons. The smallest absolute Gasteiger partial charge is 0.0981 e. The Kier molecular flexibility index (Phi) is 3.66. The molecule has 0 saturated heterocycles. The van der Waals surface area contributed by atoms with Crippen molar-refractivity contribution in [1.82, 2.24) is 9.97 Å². The Bertz CT molecular complexity index is 526. The first-order valence-corrected chi connectivity index (χ1v) is 6.89. The third kappa shape index (κ3) is 3.07. The molecule has 0 spiro atoms. The fraction of sp³-hybridized carbons (Fsp3) is 0.429. The molecule has 2 rings (SSSR count). The lowest BCUT2D eigenvalue weighted by Gasteiger charge is -2.13. The van der Waals surface area contributed by atoms with Crippen molar-refractivity contribution >= 4 is 17.0 Å². The molecule has 2 aromatic heterocycles. The highest BCUT2D eigenvalue weighted by molar-refractivity contribution is 7.11. The van der Waals surface area contributed by atoms with Gasteiger partial charge in [0.05, 0.1) is 22.9 Å². The minimum Gasteiger partial charge on any atom is -0.379 e. The van der Waals surface area contributed by atoms with Crippen LogP contribution in [0.25, 0.3) is 0 Å². The van der Waals surface area contributed by atoms with Crippen LogP contribution in [0.4, 0.5) is 5.69 Å². The molecule has 0 aliphatic heterocycles. The maximum Gasteiger partial charge on any atom is 0.0981 e. The van der Waals surface area contributed by atoms with Crippen molar-refractivity contribution in [2.45, 2.75) is 39.7 Å². The van der Waals surface area contributed by atoms with Crippen molar-refractivity contribution < 1.29 is 0 Å². The van der Waals surface area contributed by atoms with Gasteiger partial charge in [-0.2, -0.15) is 0 Å². The zero-order chi connectivity index (χ0) is 13.2. The normalized spacial score (nSPS) is 11.6. The first kappa shape index (κ1) is 13.0. The van der Waals surface area contributed by atoms with Gasteiger partial charge < -0.3 is 5.32 Å². The van der Waals surface area contributed by atoms with Crippen LogP contribution in [0, 0.1) is 6.92 Å². The molecule has 4 heteroatoms. The summed E-state index contributed by atoms with van der Waals surface area (Å²) in [4.78, 5) is 10.00. The van der Waals surface area contributed by atoms with Crippen molar-refractivity contribution in [2.75, 3.05) is 5.32 Å². The summed E-state index contributed by atoms with van der Waals surface area (Å²) in [5.41, 5.74) is 2.24. The van der Waals surface area contributed by atoms with Gasteiger partial charge in [-0.05, 0) is 19.1 Å². The Hall–Kier alpha value is -1.42. The predicted octanol–water partition coefficient (Wildman–Crippen LogP) is 3.76. The van der Waals surface area contributed by atoms with Gasteiger partial charge in [-0.15, -0.1) is 11.3 Å². The molecule has 0 aliphatic rings. The standard InChI is InChI=1S/C14H19N3S/c1-10-12(6-5-7-15-10)16-8-11-9-17-13(18-11)14(2,3)4/h5-7,9,16H,8H2,1-4H3. The average Bonchev–Trinajstić information content (AvgIpc) is 2.76. The Morgan fingerprint density at radius 3 is 2.67 bits per heavy atom.